The fourth-order valence-corrected chi connectivity index (χ4v) is 2.32. The number of hydrogen-bond acceptors (Lipinski definition) is 2. The molecule has 23 heavy (non-hydrogen) atoms. The number of hydrogen-bond donors (Lipinski definition) is 1. The average Bonchev–Trinajstić information content (AvgIpc) is 2.56. The highest BCUT2D eigenvalue weighted by atomic mass is 16.5. The molecular weight excluding hydrogens is 286 g/mol. The van der Waals surface area contributed by atoms with Crippen molar-refractivity contribution < 1.29 is 9.53 Å². The van der Waals surface area contributed by atoms with Crippen molar-refractivity contribution in [3.63, 3.8) is 0 Å². The van der Waals surface area contributed by atoms with Crippen LogP contribution < -0.4 is 5.32 Å². The fraction of sp³-hybridized carbons (Fsp3) is 0.350. The lowest BCUT2D eigenvalue weighted by Gasteiger charge is -2.08. The summed E-state index contributed by atoms with van der Waals surface area (Å²) in [5.41, 5.74) is 4.53. The quantitative estimate of drug-likeness (QED) is 0.702. The maximum atomic E-state index is 11.7. The lowest BCUT2D eigenvalue weighted by atomic mass is 10.0. The molecule has 0 aromatic heterocycles. The Balaban J connectivity index is 1.82. The standard InChI is InChI=1S/C20H25NO2/c1-3-4-5-14-23-20(22)21-19-12-10-18(11-13-19)15-17-8-6-16(2)7-9-17/h6-13H,3-5,14-15H2,1-2H3,(H,21,22). The van der Waals surface area contributed by atoms with Gasteiger partial charge in [-0.15, -0.1) is 0 Å². The van der Waals surface area contributed by atoms with Crippen molar-refractivity contribution in [1.82, 2.24) is 0 Å². The van der Waals surface area contributed by atoms with Crippen LogP contribution in [-0.4, -0.2) is 12.7 Å². The van der Waals surface area contributed by atoms with Gasteiger partial charge in [0.1, 0.15) is 0 Å². The highest BCUT2D eigenvalue weighted by molar-refractivity contribution is 5.84. The van der Waals surface area contributed by atoms with E-state index in [0.717, 1.165) is 31.4 Å². The Kier molecular flexibility index (Phi) is 6.67. The smallest absolute Gasteiger partial charge is 0.411 e. The van der Waals surface area contributed by atoms with Gasteiger partial charge in [0.2, 0.25) is 0 Å². The molecule has 0 aliphatic carbocycles. The summed E-state index contributed by atoms with van der Waals surface area (Å²) in [6.45, 7) is 4.69. The summed E-state index contributed by atoms with van der Waals surface area (Å²) in [6.07, 6.45) is 3.63. The minimum absolute atomic E-state index is 0.382. The molecule has 1 N–H and O–H groups in total. The zero-order chi connectivity index (χ0) is 16.5. The molecule has 2 aromatic carbocycles. The second-order valence-electron chi connectivity index (χ2n) is 5.83. The number of carbonyl (C=O) groups excluding carboxylic acids is 1. The zero-order valence-corrected chi connectivity index (χ0v) is 14.0. The number of aryl methyl sites for hydroxylation is 1. The van der Waals surface area contributed by atoms with Crippen molar-refractivity contribution in [2.45, 2.75) is 39.5 Å². The summed E-state index contributed by atoms with van der Waals surface area (Å²) < 4.78 is 5.14. The molecule has 0 saturated heterocycles. The van der Waals surface area contributed by atoms with Crippen LogP contribution in [0.4, 0.5) is 10.5 Å². The molecule has 2 rings (SSSR count). The molecule has 0 spiro atoms. The Morgan fingerprint density at radius 1 is 0.957 bits per heavy atom. The number of anilines is 1. The molecule has 3 nitrogen and oxygen atoms in total. The van der Waals surface area contributed by atoms with Gasteiger partial charge < -0.3 is 4.74 Å². The molecule has 0 aliphatic heterocycles. The van der Waals surface area contributed by atoms with Crippen LogP contribution in [0, 0.1) is 6.92 Å². The highest BCUT2D eigenvalue weighted by Gasteiger charge is 2.03. The first-order chi connectivity index (χ1) is 11.2. The van der Waals surface area contributed by atoms with E-state index in [0.29, 0.717) is 6.61 Å². The van der Waals surface area contributed by atoms with Gasteiger partial charge in [-0.2, -0.15) is 0 Å². The van der Waals surface area contributed by atoms with Crippen LogP contribution in [0.5, 0.6) is 0 Å². The molecule has 0 aliphatic rings. The van der Waals surface area contributed by atoms with Crippen molar-refractivity contribution in [3.05, 3.63) is 65.2 Å². The minimum Gasteiger partial charge on any atom is -0.449 e. The molecule has 1 amide bonds. The molecule has 0 bridgehead atoms. The lowest BCUT2D eigenvalue weighted by molar-refractivity contribution is 0.159. The number of unbranched alkanes of at least 4 members (excludes halogenated alkanes) is 2. The molecule has 0 radical (unpaired) electrons. The average molecular weight is 311 g/mol. The summed E-state index contributed by atoms with van der Waals surface area (Å²) in [5, 5.41) is 2.76. The molecule has 122 valence electrons. The van der Waals surface area contributed by atoms with Gasteiger partial charge in [0.25, 0.3) is 0 Å². The number of rotatable bonds is 7. The first-order valence-corrected chi connectivity index (χ1v) is 8.25. The second kappa shape index (κ2) is 8.99. The predicted octanol–water partition coefficient (Wildman–Crippen LogP) is 5.32. The molecule has 0 heterocycles. The van der Waals surface area contributed by atoms with E-state index in [4.69, 9.17) is 4.74 Å². The topological polar surface area (TPSA) is 38.3 Å². The van der Waals surface area contributed by atoms with Crippen LogP contribution in [0.3, 0.4) is 0 Å². The summed E-state index contributed by atoms with van der Waals surface area (Å²) >= 11 is 0. The zero-order valence-electron chi connectivity index (χ0n) is 14.0. The van der Waals surface area contributed by atoms with Gasteiger partial charge in [-0.3, -0.25) is 5.32 Å². The Labute approximate surface area is 138 Å². The number of ether oxygens (including phenoxy) is 1. The number of benzene rings is 2. The van der Waals surface area contributed by atoms with Crippen LogP contribution in [-0.2, 0) is 11.2 Å². The molecule has 0 unspecified atom stereocenters. The Hall–Kier alpha value is -2.29. The number of nitrogens with one attached hydrogen (secondary N) is 1. The van der Waals surface area contributed by atoms with E-state index in [1.807, 2.05) is 24.3 Å². The molecular formula is C20H25NO2. The van der Waals surface area contributed by atoms with Gasteiger partial charge in [-0.25, -0.2) is 4.79 Å². The van der Waals surface area contributed by atoms with Gasteiger partial charge >= 0.3 is 6.09 Å². The van der Waals surface area contributed by atoms with Crippen LogP contribution in [0.2, 0.25) is 0 Å². The summed E-state index contributed by atoms with van der Waals surface area (Å²) in [7, 11) is 0. The lowest BCUT2D eigenvalue weighted by Crippen LogP contribution is -2.14. The fourth-order valence-electron chi connectivity index (χ4n) is 2.32. The minimum atomic E-state index is -0.382. The van der Waals surface area contributed by atoms with Crippen LogP contribution in [0.25, 0.3) is 0 Å². The van der Waals surface area contributed by atoms with Crippen molar-refractivity contribution in [1.29, 1.82) is 0 Å². The first-order valence-electron chi connectivity index (χ1n) is 8.25. The molecule has 0 saturated carbocycles. The third-order valence-corrected chi connectivity index (χ3v) is 3.71. The van der Waals surface area contributed by atoms with Crippen molar-refractivity contribution >= 4 is 11.8 Å². The van der Waals surface area contributed by atoms with Gasteiger partial charge in [0, 0.05) is 5.69 Å². The second-order valence-corrected chi connectivity index (χ2v) is 5.83. The van der Waals surface area contributed by atoms with E-state index in [-0.39, 0.29) is 6.09 Å². The summed E-state index contributed by atoms with van der Waals surface area (Å²) in [5.74, 6) is 0. The van der Waals surface area contributed by atoms with Gasteiger partial charge in [-0.1, -0.05) is 61.7 Å². The van der Waals surface area contributed by atoms with Gasteiger partial charge in [-0.05, 0) is 43.0 Å². The van der Waals surface area contributed by atoms with Crippen molar-refractivity contribution in [2.24, 2.45) is 0 Å². The Bertz CT molecular complexity index is 603. The van der Waals surface area contributed by atoms with Crippen LogP contribution in [0.15, 0.2) is 48.5 Å². The summed E-state index contributed by atoms with van der Waals surface area (Å²) in [6, 6.07) is 16.4. The van der Waals surface area contributed by atoms with Crippen molar-refractivity contribution in [3.8, 4) is 0 Å². The maximum Gasteiger partial charge on any atom is 0.411 e. The Morgan fingerprint density at radius 3 is 2.17 bits per heavy atom. The number of carbonyl (C=O) groups is 1. The largest absolute Gasteiger partial charge is 0.449 e. The van der Waals surface area contributed by atoms with E-state index in [9.17, 15) is 4.79 Å². The first kappa shape index (κ1) is 17.1. The molecule has 2 aromatic rings. The van der Waals surface area contributed by atoms with Crippen molar-refractivity contribution in [2.75, 3.05) is 11.9 Å². The van der Waals surface area contributed by atoms with E-state index in [1.54, 1.807) is 0 Å². The maximum absolute atomic E-state index is 11.7. The van der Waals surface area contributed by atoms with Crippen LogP contribution >= 0.6 is 0 Å². The van der Waals surface area contributed by atoms with E-state index in [2.05, 4.69) is 43.4 Å². The third kappa shape index (κ3) is 6.15. The van der Waals surface area contributed by atoms with E-state index < -0.39 is 0 Å². The normalized spacial score (nSPS) is 10.3. The number of amides is 1. The summed E-state index contributed by atoms with van der Waals surface area (Å²) in [4.78, 5) is 11.7. The molecule has 0 atom stereocenters. The highest BCUT2D eigenvalue weighted by Crippen LogP contribution is 2.14. The third-order valence-electron chi connectivity index (χ3n) is 3.71. The van der Waals surface area contributed by atoms with Gasteiger partial charge in [0.05, 0.1) is 6.61 Å². The van der Waals surface area contributed by atoms with E-state index in [1.165, 1.54) is 16.7 Å². The Morgan fingerprint density at radius 2 is 1.57 bits per heavy atom. The molecule has 3 heteroatoms. The molecule has 0 fully saturated rings. The predicted molar refractivity (Wildman–Crippen MR) is 94.9 cm³/mol. The van der Waals surface area contributed by atoms with Gasteiger partial charge in [0.15, 0.2) is 0 Å². The SMILES string of the molecule is CCCCCOC(=O)Nc1ccc(Cc2ccc(C)cc2)cc1. The monoisotopic (exact) mass is 311 g/mol. The van der Waals surface area contributed by atoms with E-state index >= 15 is 0 Å². The van der Waals surface area contributed by atoms with Crippen LogP contribution in [0.1, 0.15) is 42.9 Å².